The molecule has 1 atom stereocenters. The Morgan fingerprint density at radius 2 is 2.17 bits per heavy atom. The van der Waals surface area contributed by atoms with E-state index in [4.69, 9.17) is 9.47 Å². The molecule has 0 bridgehead atoms. The predicted molar refractivity (Wildman–Crippen MR) is 91.8 cm³/mol. The van der Waals surface area contributed by atoms with Gasteiger partial charge in [0.15, 0.2) is 0 Å². The van der Waals surface area contributed by atoms with Crippen LogP contribution in [0.4, 0.5) is 5.95 Å². The molecule has 128 valence electrons. The van der Waals surface area contributed by atoms with Crippen LogP contribution >= 0.6 is 0 Å². The van der Waals surface area contributed by atoms with Gasteiger partial charge in [-0.15, -0.1) is 10.2 Å². The third-order valence-corrected chi connectivity index (χ3v) is 4.57. The Labute approximate surface area is 142 Å². The largest absolute Gasteiger partial charge is 0.494 e. The van der Waals surface area contributed by atoms with E-state index in [0.29, 0.717) is 19.2 Å². The van der Waals surface area contributed by atoms with E-state index in [0.717, 1.165) is 35.3 Å². The molecule has 0 radical (unpaired) electrons. The van der Waals surface area contributed by atoms with Crippen LogP contribution in [-0.2, 0) is 13.0 Å². The summed E-state index contributed by atoms with van der Waals surface area (Å²) >= 11 is 0. The molecule has 1 aromatic heterocycles. The molecule has 6 nitrogen and oxygen atoms in total. The number of anilines is 1. The number of nitrogens with zero attached hydrogens (tertiary/aromatic N) is 3. The second-order valence-electron chi connectivity index (χ2n) is 6.66. The van der Waals surface area contributed by atoms with E-state index in [-0.39, 0.29) is 6.10 Å². The molecular weight excluding hydrogens is 304 g/mol. The van der Waals surface area contributed by atoms with Gasteiger partial charge >= 0.3 is 0 Å². The highest BCUT2D eigenvalue weighted by atomic mass is 16.5. The molecular formula is C18H24N4O2. The molecule has 1 fully saturated rings. The lowest BCUT2D eigenvalue weighted by Crippen LogP contribution is -2.10. The molecule has 0 saturated heterocycles. The van der Waals surface area contributed by atoms with Crippen LogP contribution in [0.1, 0.15) is 49.7 Å². The quantitative estimate of drug-likeness (QED) is 0.882. The molecule has 0 spiro atoms. The fraction of sp³-hybridized carbons (Fsp3) is 0.556. The van der Waals surface area contributed by atoms with Gasteiger partial charge in [-0.2, -0.15) is 0 Å². The van der Waals surface area contributed by atoms with Crippen LogP contribution in [0.25, 0.3) is 0 Å². The zero-order valence-corrected chi connectivity index (χ0v) is 14.5. The van der Waals surface area contributed by atoms with Gasteiger partial charge in [-0.25, -0.2) is 0 Å². The molecule has 1 saturated carbocycles. The summed E-state index contributed by atoms with van der Waals surface area (Å²) in [4.78, 5) is 0. The second kappa shape index (κ2) is 6.00. The van der Waals surface area contributed by atoms with Crippen molar-refractivity contribution in [2.45, 2.75) is 58.7 Å². The molecule has 6 heteroatoms. The Bertz CT molecular complexity index is 752. The van der Waals surface area contributed by atoms with Crippen molar-refractivity contribution in [3.63, 3.8) is 0 Å². The summed E-state index contributed by atoms with van der Waals surface area (Å²) in [5, 5.41) is 11.9. The summed E-state index contributed by atoms with van der Waals surface area (Å²) < 4.78 is 13.9. The molecule has 0 amide bonds. The van der Waals surface area contributed by atoms with Crippen LogP contribution in [-0.4, -0.2) is 27.5 Å². The smallest absolute Gasteiger partial charge is 0.225 e. The Balaban J connectivity index is 1.58. The van der Waals surface area contributed by atoms with Crippen LogP contribution in [0.15, 0.2) is 12.1 Å². The molecule has 2 aromatic rings. The van der Waals surface area contributed by atoms with Crippen molar-refractivity contribution in [2.75, 3.05) is 11.9 Å². The third kappa shape index (κ3) is 2.81. The monoisotopic (exact) mass is 328 g/mol. The molecule has 1 aromatic carbocycles. The predicted octanol–water partition coefficient (Wildman–Crippen LogP) is 3.26. The van der Waals surface area contributed by atoms with E-state index in [1.54, 1.807) is 0 Å². The maximum Gasteiger partial charge on any atom is 0.225 e. The van der Waals surface area contributed by atoms with Gasteiger partial charge in [0.1, 0.15) is 23.4 Å². The minimum absolute atomic E-state index is 0.216. The van der Waals surface area contributed by atoms with Gasteiger partial charge in [-0.1, -0.05) is 0 Å². The summed E-state index contributed by atoms with van der Waals surface area (Å²) in [6.07, 6.45) is 3.57. The van der Waals surface area contributed by atoms with Crippen molar-refractivity contribution in [3.8, 4) is 11.5 Å². The first-order valence-electron chi connectivity index (χ1n) is 8.76. The number of nitrogens with one attached hydrogen (secondary N) is 1. The number of benzene rings is 1. The highest BCUT2D eigenvalue weighted by Crippen LogP contribution is 2.39. The van der Waals surface area contributed by atoms with Crippen LogP contribution in [0, 0.1) is 6.92 Å². The lowest BCUT2D eigenvalue weighted by molar-refractivity contribution is 0.252. The lowest BCUT2D eigenvalue weighted by atomic mass is 10.1. The van der Waals surface area contributed by atoms with Gasteiger partial charge in [0.25, 0.3) is 0 Å². The molecule has 1 aliphatic carbocycles. The van der Waals surface area contributed by atoms with Crippen LogP contribution < -0.4 is 14.8 Å². The van der Waals surface area contributed by atoms with E-state index in [1.165, 1.54) is 18.4 Å². The van der Waals surface area contributed by atoms with Crippen molar-refractivity contribution in [3.05, 3.63) is 29.1 Å². The third-order valence-electron chi connectivity index (χ3n) is 4.57. The maximum absolute atomic E-state index is 6.02. The highest BCUT2D eigenvalue weighted by Gasteiger charge is 2.29. The van der Waals surface area contributed by atoms with Crippen molar-refractivity contribution in [1.82, 2.24) is 14.8 Å². The van der Waals surface area contributed by atoms with Crippen molar-refractivity contribution in [1.29, 1.82) is 0 Å². The fourth-order valence-electron chi connectivity index (χ4n) is 3.39. The van der Waals surface area contributed by atoms with E-state index in [9.17, 15) is 0 Å². The molecule has 4 rings (SSSR count). The van der Waals surface area contributed by atoms with Gasteiger partial charge in [-0.05, 0) is 45.7 Å². The lowest BCUT2D eigenvalue weighted by Gasteiger charge is -2.14. The Morgan fingerprint density at radius 1 is 1.33 bits per heavy atom. The zero-order chi connectivity index (χ0) is 16.7. The molecule has 1 aliphatic heterocycles. The summed E-state index contributed by atoms with van der Waals surface area (Å²) in [6, 6.07) is 4.72. The summed E-state index contributed by atoms with van der Waals surface area (Å²) in [5.74, 6) is 3.72. The molecule has 1 N–H and O–H groups in total. The number of hydrogen-bond donors (Lipinski definition) is 1. The Morgan fingerprint density at radius 3 is 2.92 bits per heavy atom. The average molecular weight is 328 g/mol. The number of fused-ring (bicyclic) bond motifs is 1. The molecule has 1 unspecified atom stereocenters. The number of rotatable bonds is 6. The minimum Gasteiger partial charge on any atom is -0.494 e. The number of aromatic nitrogens is 3. The van der Waals surface area contributed by atoms with Gasteiger partial charge in [-0.3, -0.25) is 4.57 Å². The first-order chi connectivity index (χ1) is 11.7. The number of hydrogen-bond acceptors (Lipinski definition) is 5. The highest BCUT2D eigenvalue weighted by molar-refractivity contribution is 5.51. The van der Waals surface area contributed by atoms with Crippen LogP contribution in [0.2, 0.25) is 0 Å². The fourth-order valence-corrected chi connectivity index (χ4v) is 3.39. The maximum atomic E-state index is 6.02. The van der Waals surface area contributed by atoms with E-state index in [1.807, 2.05) is 13.8 Å². The summed E-state index contributed by atoms with van der Waals surface area (Å²) in [7, 11) is 0. The minimum atomic E-state index is 0.216. The van der Waals surface area contributed by atoms with Crippen LogP contribution in [0.3, 0.4) is 0 Å². The SMILES string of the molecule is CCOc1cc(CNc2nnc(C)n2C2CC2)c2c(c1)CC(C)O2. The number of ether oxygens (including phenoxy) is 2. The van der Waals surface area contributed by atoms with Crippen molar-refractivity contribution < 1.29 is 9.47 Å². The van der Waals surface area contributed by atoms with Gasteiger partial charge in [0, 0.05) is 30.1 Å². The molecule has 2 heterocycles. The van der Waals surface area contributed by atoms with Gasteiger partial charge in [0.05, 0.1) is 6.61 Å². The van der Waals surface area contributed by atoms with Crippen molar-refractivity contribution >= 4 is 5.95 Å². The summed E-state index contributed by atoms with van der Waals surface area (Å²) in [5.41, 5.74) is 2.34. The first-order valence-corrected chi connectivity index (χ1v) is 8.76. The van der Waals surface area contributed by atoms with Crippen molar-refractivity contribution in [2.24, 2.45) is 0 Å². The normalized spacial score (nSPS) is 19.0. The van der Waals surface area contributed by atoms with E-state index in [2.05, 4.69) is 39.1 Å². The zero-order valence-electron chi connectivity index (χ0n) is 14.5. The summed E-state index contributed by atoms with van der Waals surface area (Å²) in [6.45, 7) is 7.43. The standard InChI is InChI=1S/C18H24N4O2/c1-4-23-16-8-13-7-11(2)24-17(13)14(9-16)10-19-18-21-20-12(3)22(18)15-5-6-15/h8-9,11,15H,4-7,10H2,1-3H3,(H,19,21). The van der Waals surface area contributed by atoms with E-state index >= 15 is 0 Å². The first kappa shape index (κ1) is 15.3. The van der Waals surface area contributed by atoms with E-state index < -0.39 is 0 Å². The molecule has 24 heavy (non-hydrogen) atoms. The second-order valence-corrected chi connectivity index (χ2v) is 6.66. The van der Waals surface area contributed by atoms with Gasteiger partial charge < -0.3 is 14.8 Å². The average Bonchev–Trinajstić information content (AvgIpc) is 3.21. The Kier molecular flexibility index (Phi) is 3.82. The van der Waals surface area contributed by atoms with Gasteiger partial charge in [0.2, 0.25) is 5.95 Å². The Hall–Kier alpha value is -2.24. The topological polar surface area (TPSA) is 61.2 Å². The molecule has 2 aliphatic rings. The number of aryl methyl sites for hydroxylation is 1. The van der Waals surface area contributed by atoms with Crippen LogP contribution in [0.5, 0.6) is 11.5 Å².